The average Bonchev–Trinajstić information content (AvgIpc) is 2.84. The lowest BCUT2D eigenvalue weighted by Crippen LogP contribution is -2.37. The molecular weight excluding hydrogens is 240 g/mol. The second kappa shape index (κ2) is 6.19. The van der Waals surface area contributed by atoms with Crippen molar-refractivity contribution in [1.29, 1.82) is 0 Å². The van der Waals surface area contributed by atoms with Crippen LogP contribution < -0.4 is 11.3 Å². The van der Waals surface area contributed by atoms with E-state index in [1.165, 1.54) is 0 Å². The Hall–Kier alpha value is -1.36. The first-order valence-corrected chi connectivity index (χ1v) is 6.78. The number of nitrogens with two attached hydrogens (primary N) is 1. The van der Waals surface area contributed by atoms with E-state index in [9.17, 15) is 0 Å². The van der Waals surface area contributed by atoms with Gasteiger partial charge in [0.1, 0.15) is 17.4 Å². The van der Waals surface area contributed by atoms with E-state index in [1.54, 1.807) is 0 Å². The SMILES string of the molecule is CCOC(CC)C(NN)c1cc2cccc(C)c2o1. The second-order valence-corrected chi connectivity index (χ2v) is 4.69. The Morgan fingerprint density at radius 2 is 2.16 bits per heavy atom. The first kappa shape index (κ1) is 14.1. The van der Waals surface area contributed by atoms with Crippen LogP contribution in [0.2, 0.25) is 0 Å². The number of benzene rings is 1. The van der Waals surface area contributed by atoms with Crippen molar-refractivity contribution in [2.75, 3.05) is 6.61 Å². The zero-order chi connectivity index (χ0) is 13.8. The van der Waals surface area contributed by atoms with Crippen LogP contribution in [0.4, 0.5) is 0 Å². The molecule has 19 heavy (non-hydrogen) atoms. The number of nitrogens with one attached hydrogen (secondary N) is 1. The Morgan fingerprint density at radius 3 is 2.74 bits per heavy atom. The molecule has 0 amide bonds. The summed E-state index contributed by atoms with van der Waals surface area (Å²) in [5, 5.41) is 1.10. The number of hydrogen-bond acceptors (Lipinski definition) is 4. The molecule has 0 saturated heterocycles. The molecule has 4 nitrogen and oxygen atoms in total. The van der Waals surface area contributed by atoms with Gasteiger partial charge in [0.25, 0.3) is 0 Å². The topological polar surface area (TPSA) is 60.4 Å². The average molecular weight is 262 g/mol. The first-order chi connectivity index (χ1) is 9.21. The first-order valence-electron chi connectivity index (χ1n) is 6.78. The van der Waals surface area contributed by atoms with Gasteiger partial charge in [-0.15, -0.1) is 0 Å². The summed E-state index contributed by atoms with van der Waals surface area (Å²) in [5.41, 5.74) is 4.86. The van der Waals surface area contributed by atoms with Crippen molar-refractivity contribution >= 4 is 11.0 Å². The fraction of sp³-hybridized carbons (Fsp3) is 0.467. The summed E-state index contributed by atoms with van der Waals surface area (Å²) >= 11 is 0. The normalized spacial score (nSPS) is 14.7. The molecule has 0 radical (unpaired) electrons. The van der Waals surface area contributed by atoms with E-state index in [2.05, 4.69) is 12.3 Å². The maximum Gasteiger partial charge on any atom is 0.137 e. The Labute approximate surface area is 113 Å². The monoisotopic (exact) mass is 262 g/mol. The van der Waals surface area contributed by atoms with Crippen LogP contribution in [0.5, 0.6) is 0 Å². The molecule has 4 heteroatoms. The fourth-order valence-corrected chi connectivity index (χ4v) is 2.42. The van der Waals surface area contributed by atoms with E-state index in [1.807, 2.05) is 38.1 Å². The lowest BCUT2D eigenvalue weighted by Gasteiger charge is -2.23. The van der Waals surface area contributed by atoms with E-state index < -0.39 is 0 Å². The number of fused-ring (bicyclic) bond motifs is 1. The van der Waals surface area contributed by atoms with Crippen molar-refractivity contribution < 1.29 is 9.15 Å². The van der Waals surface area contributed by atoms with Crippen LogP contribution in [0.25, 0.3) is 11.0 Å². The molecule has 0 saturated carbocycles. The van der Waals surface area contributed by atoms with Crippen molar-refractivity contribution in [3.05, 3.63) is 35.6 Å². The molecule has 0 bridgehead atoms. The van der Waals surface area contributed by atoms with Crippen LogP contribution in [-0.2, 0) is 4.74 Å². The summed E-state index contributed by atoms with van der Waals surface area (Å²) < 4.78 is 11.7. The molecule has 2 unspecified atom stereocenters. The molecule has 0 aliphatic rings. The Balaban J connectivity index is 2.37. The number of aryl methyl sites for hydroxylation is 1. The molecule has 0 fully saturated rings. The van der Waals surface area contributed by atoms with Gasteiger partial charge in [0.15, 0.2) is 0 Å². The summed E-state index contributed by atoms with van der Waals surface area (Å²) in [6.45, 7) is 6.77. The lowest BCUT2D eigenvalue weighted by molar-refractivity contribution is 0.0262. The minimum atomic E-state index is -0.128. The predicted molar refractivity (Wildman–Crippen MR) is 76.7 cm³/mol. The lowest BCUT2D eigenvalue weighted by atomic mass is 10.1. The van der Waals surface area contributed by atoms with Gasteiger partial charge in [0, 0.05) is 12.0 Å². The molecule has 104 valence electrons. The molecule has 2 atom stereocenters. The molecule has 2 aromatic rings. The van der Waals surface area contributed by atoms with Crippen LogP contribution >= 0.6 is 0 Å². The summed E-state index contributed by atoms with van der Waals surface area (Å²) in [6, 6.07) is 8.03. The van der Waals surface area contributed by atoms with Crippen LogP contribution in [0.3, 0.4) is 0 Å². The molecule has 1 aromatic heterocycles. The van der Waals surface area contributed by atoms with Crippen molar-refractivity contribution in [2.24, 2.45) is 5.84 Å². The van der Waals surface area contributed by atoms with E-state index in [4.69, 9.17) is 15.0 Å². The zero-order valence-electron chi connectivity index (χ0n) is 11.8. The summed E-state index contributed by atoms with van der Waals surface area (Å²) in [4.78, 5) is 0. The third kappa shape index (κ3) is 2.81. The standard InChI is InChI=1S/C15H22N2O2/c1-4-12(18-5-2)14(17-16)13-9-11-8-6-7-10(3)15(11)19-13/h6-9,12,14,17H,4-5,16H2,1-3H3. The van der Waals surface area contributed by atoms with Gasteiger partial charge in [-0.3, -0.25) is 5.84 Å². The number of hydrazine groups is 1. The number of rotatable bonds is 6. The van der Waals surface area contributed by atoms with Crippen LogP contribution in [0.15, 0.2) is 28.7 Å². The highest BCUT2D eigenvalue weighted by Gasteiger charge is 2.24. The van der Waals surface area contributed by atoms with Crippen molar-refractivity contribution in [3.8, 4) is 0 Å². The fourth-order valence-electron chi connectivity index (χ4n) is 2.42. The zero-order valence-corrected chi connectivity index (χ0v) is 11.8. The highest BCUT2D eigenvalue weighted by atomic mass is 16.5. The quantitative estimate of drug-likeness (QED) is 0.620. The van der Waals surface area contributed by atoms with E-state index in [0.29, 0.717) is 6.61 Å². The molecule has 1 aromatic carbocycles. The minimum Gasteiger partial charge on any atom is -0.459 e. The third-order valence-electron chi connectivity index (χ3n) is 3.40. The summed E-state index contributed by atoms with van der Waals surface area (Å²) in [6.07, 6.45) is 0.884. The molecule has 1 heterocycles. The van der Waals surface area contributed by atoms with Crippen molar-refractivity contribution in [1.82, 2.24) is 5.43 Å². The van der Waals surface area contributed by atoms with Gasteiger partial charge in [-0.1, -0.05) is 25.1 Å². The van der Waals surface area contributed by atoms with Gasteiger partial charge in [-0.25, -0.2) is 5.43 Å². The Morgan fingerprint density at radius 1 is 1.37 bits per heavy atom. The molecule has 2 rings (SSSR count). The van der Waals surface area contributed by atoms with Crippen LogP contribution in [0, 0.1) is 6.92 Å². The Kier molecular flexibility index (Phi) is 4.58. The van der Waals surface area contributed by atoms with Crippen LogP contribution in [0.1, 0.15) is 37.6 Å². The number of para-hydroxylation sites is 1. The highest BCUT2D eigenvalue weighted by Crippen LogP contribution is 2.29. The van der Waals surface area contributed by atoms with Gasteiger partial charge >= 0.3 is 0 Å². The van der Waals surface area contributed by atoms with E-state index in [0.717, 1.165) is 28.7 Å². The summed E-state index contributed by atoms with van der Waals surface area (Å²) in [5.74, 6) is 6.51. The largest absolute Gasteiger partial charge is 0.459 e. The van der Waals surface area contributed by atoms with E-state index >= 15 is 0 Å². The predicted octanol–water partition coefficient (Wildman–Crippen LogP) is 3.06. The molecule has 3 N–H and O–H groups in total. The van der Waals surface area contributed by atoms with Crippen molar-refractivity contribution in [3.63, 3.8) is 0 Å². The maximum absolute atomic E-state index is 5.96. The summed E-state index contributed by atoms with van der Waals surface area (Å²) in [7, 11) is 0. The highest BCUT2D eigenvalue weighted by molar-refractivity contribution is 5.81. The molecule has 0 aliphatic heterocycles. The molecule has 0 spiro atoms. The number of furan rings is 1. The maximum atomic E-state index is 5.96. The van der Waals surface area contributed by atoms with Gasteiger partial charge in [-0.05, 0) is 31.9 Å². The van der Waals surface area contributed by atoms with Gasteiger partial charge in [0.05, 0.1) is 6.10 Å². The van der Waals surface area contributed by atoms with Crippen LogP contribution in [-0.4, -0.2) is 12.7 Å². The van der Waals surface area contributed by atoms with Crippen molar-refractivity contribution in [2.45, 2.75) is 39.3 Å². The van der Waals surface area contributed by atoms with Gasteiger partial charge in [-0.2, -0.15) is 0 Å². The molecular formula is C15H22N2O2. The molecule has 0 aliphatic carbocycles. The number of ether oxygens (including phenoxy) is 1. The number of hydrogen-bond donors (Lipinski definition) is 2. The van der Waals surface area contributed by atoms with Gasteiger partial charge in [0.2, 0.25) is 0 Å². The second-order valence-electron chi connectivity index (χ2n) is 4.69. The minimum absolute atomic E-state index is 0.0101. The smallest absolute Gasteiger partial charge is 0.137 e. The van der Waals surface area contributed by atoms with Gasteiger partial charge < -0.3 is 9.15 Å². The third-order valence-corrected chi connectivity index (χ3v) is 3.40. The van der Waals surface area contributed by atoms with E-state index in [-0.39, 0.29) is 12.1 Å². The Bertz CT molecular complexity index is 536.